The Bertz CT molecular complexity index is 883. The number of carbonyl (C=O) groups excluding carboxylic acids is 2. The molecule has 5 nitrogen and oxygen atoms in total. The van der Waals surface area contributed by atoms with Gasteiger partial charge >= 0.3 is 0 Å². The molecule has 2 amide bonds. The highest BCUT2D eigenvalue weighted by Gasteiger charge is 2.34. The Kier molecular flexibility index (Phi) is 8.04. The zero-order valence-corrected chi connectivity index (χ0v) is 18.3. The average Bonchev–Trinajstić information content (AvgIpc) is 2.75. The molecule has 0 fully saturated rings. The fourth-order valence-electron chi connectivity index (χ4n) is 3.76. The van der Waals surface area contributed by atoms with Crippen LogP contribution in [0.3, 0.4) is 0 Å². The van der Waals surface area contributed by atoms with Gasteiger partial charge in [0.25, 0.3) is 0 Å². The molecule has 1 N–H and O–H groups in total. The van der Waals surface area contributed by atoms with Crippen LogP contribution in [0.4, 0.5) is 4.39 Å². The predicted molar refractivity (Wildman–Crippen MR) is 118 cm³/mol. The van der Waals surface area contributed by atoms with Crippen LogP contribution < -0.4 is 10.1 Å². The van der Waals surface area contributed by atoms with E-state index in [1.807, 2.05) is 38.1 Å². The van der Waals surface area contributed by atoms with Crippen molar-refractivity contribution in [2.45, 2.75) is 52.1 Å². The van der Waals surface area contributed by atoms with Gasteiger partial charge in [0.2, 0.25) is 11.8 Å². The molecular formula is C25H31FN2O3. The molecule has 0 saturated heterocycles. The molecule has 6 heteroatoms. The Labute approximate surface area is 183 Å². The van der Waals surface area contributed by atoms with Gasteiger partial charge in [-0.05, 0) is 54.2 Å². The highest BCUT2D eigenvalue weighted by molar-refractivity contribution is 5.88. The van der Waals surface area contributed by atoms with Crippen LogP contribution in [0.25, 0.3) is 0 Å². The fraction of sp³-hybridized carbons (Fsp3) is 0.440. The van der Waals surface area contributed by atoms with Crippen molar-refractivity contribution in [2.24, 2.45) is 5.92 Å². The van der Waals surface area contributed by atoms with Gasteiger partial charge in [-0.15, -0.1) is 0 Å². The van der Waals surface area contributed by atoms with E-state index in [0.717, 1.165) is 24.0 Å². The van der Waals surface area contributed by atoms with Gasteiger partial charge in [0.05, 0.1) is 6.61 Å². The topological polar surface area (TPSA) is 58.6 Å². The molecule has 31 heavy (non-hydrogen) atoms. The monoisotopic (exact) mass is 426 g/mol. The summed E-state index contributed by atoms with van der Waals surface area (Å²) in [4.78, 5) is 27.5. The summed E-state index contributed by atoms with van der Waals surface area (Å²) in [5.41, 5.74) is 2.24. The number of fused-ring (bicyclic) bond motifs is 1. The van der Waals surface area contributed by atoms with Crippen LogP contribution in [-0.2, 0) is 22.6 Å². The van der Waals surface area contributed by atoms with Crippen LogP contribution in [0.15, 0.2) is 48.5 Å². The molecule has 0 spiro atoms. The maximum absolute atomic E-state index is 12.9. The van der Waals surface area contributed by atoms with Gasteiger partial charge in [-0.2, -0.15) is 0 Å². The second-order valence-electron chi connectivity index (χ2n) is 8.41. The summed E-state index contributed by atoms with van der Waals surface area (Å²) < 4.78 is 18.5. The van der Waals surface area contributed by atoms with Crippen LogP contribution in [-0.4, -0.2) is 35.9 Å². The summed E-state index contributed by atoms with van der Waals surface area (Å²) >= 11 is 0. The van der Waals surface area contributed by atoms with Crippen LogP contribution in [0.2, 0.25) is 0 Å². The van der Waals surface area contributed by atoms with Gasteiger partial charge in [-0.25, -0.2) is 4.39 Å². The Hall–Kier alpha value is -2.89. The lowest BCUT2D eigenvalue weighted by atomic mass is 9.92. The molecule has 1 heterocycles. The fourth-order valence-corrected chi connectivity index (χ4v) is 3.76. The first kappa shape index (κ1) is 22.8. The Morgan fingerprint density at radius 2 is 1.81 bits per heavy atom. The summed E-state index contributed by atoms with van der Waals surface area (Å²) in [5.74, 6) is 0.504. The van der Waals surface area contributed by atoms with Gasteiger partial charge in [0, 0.05) is 25.9 Å². The van der Waals surface area contributed by atoms with Gasteiger partial charge in [-0.3, -0.25) is 9.59 Å². The average molecular weight is 427 g/mol. The highest BCUT2D eigenvalue weighted by Crippen LogP contribution is 2.25. The highest BCUT2D eigenvalue weighted by atomic mass is 19.1. The van der Waals surface area contributed by atoms with E-state index < -0.39 is 6.04 Å². The number of nitrogens with one attached hydrogen (secondary N) is 1. The Balaban J connectivity index is 1.49. The number of nitrogens with zero attached hydrogens (tertiary/aromatic N) is 1. The van der Waals surface area contributed by atoms with Gasteiger partial charge in [0.1, 0.15) is 17.6 Å². The first-order chi connectivity index (χ1) is 14.9. The Morgan fingerprint density at radius 1 is 1.10 bits per heavy atom. The minimum absolute atomic E-state index is 0.0253. The van der Waals surface area contributed by atoms with Crippen molar-refractivity contribution in [3.8, 4) is 5.75 Å². The minimum Gasteiger partial charge on any atom is -0.494 e. The van der Waals surface area contributed by atoms with Crippen molar-refractivity contribution in [1.29, 1.82) is 0 Å². The van der Waals surface area contributed by atoms with Crippen molar-refractivity contribution in [3.63, 3.8) is 0 Å². The molecule has 0 aromatic heterocycles. The summed E-state index contributed by atoms with van der Waals surface area (Å²) in [6.45, 7) is 5.52. The molecule has 0 saturated carbocycles. The van der Waals surface area contributed by atoms with E-state index in [9.17, 15) is 14.0 Å². The van der Waals surface area contributed by atoms with E-state index in [-0.39, 0.29) is 23.5 Å². The van der Waals surface area contributed by atoms with Gasteiger partial charge in [0.15, 0.2) is 0 Å². The van der Waals surface area contributed by atoms with Crippen molar-refractivity contribution in [2.75, 3.05) is 13.2 Å². The zero-order valence-electron chi connectivity index (χ0n) is 18.3. The lowest BCUT2D eigenvalue weighted by Crippen LogP contribution is -2.52. The molecule has 3 rings (SSSR count). The zero-order chi connectivity index (χ0) is 22.2. The molecule has 0 aliphatic carbocycles. The van der Waals surface area contributed by atoms with E-state index in [1.165, 1.54) is 12.1 Å². The van der Waals surface area contributed by atoms with Gasteiger partial charge < -0.3 is 15.0 Å². The van der Waals surface area contributed by atoms with Crippen molar-refractivity contribution >= 4 is 11.8 Å². The van der Waals surface area contributed by atoms with Crippen LogP contribution in [0.5, 0.6) is 5.75 Å². The SMILES string of the molecule is CC(C)CC(=O)N1Cc2ccccc2CC1C(=O)NCCCCOc1ccc(F)cc1. The predicted octanol–water partition coefficient (Wildman–Crippen LogP) is 4.10. The second-order valence-corrected chi connectivity index (χ2v) is 8.41. The largest absolute Gasteiger partial charge is 0.494 e. The molecular weight excluding hydrogens is 395 g/mol. The van der Waals surface area contributed by atoms with E-state index in [2.05, 4.69) is 5.32 Å². The number of rotatable bonds is 9. The van der Waals surface area contributed by atoms with E-state index >= 15 is 0 Å². The molecule has 0 bridgehead atoms. The molecule has 1 aliphatic rings. The van der Waals surface area contributed by atoms with E-state index in [0.29, 0.717) is 38.3 Å². The second kappa shape index (κ2) is 10.9. The number of halogens is 1. The molecule has 2 aromatic rings. The van der Waals surface area contributed by atoms with Crippen molar-refractivity contribution in [3.05, 3.63) is 65.5 Å². The molecule has 1 atom stereocenters. The first-order valence-electron chi connectivity index (χ1n) is 11.0. The molecule has 2 aromatic carbocycles. The molecule has 166 valence electrons. The van der Waals surface area contributed by atoms with E-state index in [4.69, 9.17) is 4.74 Å². The molecule has 1 unspecified atom stereocenters. The smallest absolute Gasteiger partial charge is 0.243 e. The maximum atomic E-state index is 12.9. The number of carbonyl (C=O) groups is 2. The van der Waals surface area contributed by atoms with E-state index in [1.54, 1.807) is 17.0 Å². The number of ether oxygens (including phenoxy) is 1. The third-order valence-corrected chi connectivity index (χ3v) is 5.41. The number of amides is 2. The standard InChI is InChI=1S/C25H31FN2O3/c1-18(2)15-24(29)28-17-20-8-4-3-7-19(20)16-23(28)25(30)27-13-5-6-14-31-22-11-9-21(26)10-12-22/h3-4,7-12,18,23H,5-6,13-17H2,1-2H3,(H,27,30). The number of benzene rings is 2. The normalized spacial score (nSPS) is 15.5. The lowest BCUT2D eigenvalue weighted by molar-refractivity contribution is -0.142. The van der Waals surface area contributed by atoms with Crippen LogP contribution >= 0.6 is 0 Å². The maximum Gasteiger partial charge on any atom is 0.243 e. The number of hydrogen-bond donors (Lipinski definition) is 1. The van der Waals surface area contributed by atoms with Crippen molar-refractivity contribution in [1.82, 2.24) is 10.2 Å². The molecule has 1 aliphatic heterocycles. The number of hydrogen-bond acceptors (Lipinski definition) is 3. The third kappa shape index (κ3) is 6.54. The van der Waals surface area contributed by atoms with Crippen LogP contribution in [0.1, 0.15) is 44.2 Å². The lowest BCUT2D eigenvalue weighted by Gasteiger charge is -2.36. The van der Waals surface area contributed by atoms with Gasteiger partial charge in [-0.1, -0.05) is 38.1 Å². The minimum atomic E-state index is -0.475. The van der Waals surface area contributed by atoms with Crippen molar-refractivity contribution < 1.29 is 18.7 Å². The molecule has 0 radical (unpaired) electrons. The van der Waals surface area contributed by atoms with Crippen LogP contribution in [0, 0.1) is 11.7 Å². The Morgan fingerprint density at radius 3 is 2.52 bits per heavy atom. The summed E-state index contributed by atoms with van der Waals surface area (Å²) in [5, 5.41) is 2.99. The summed E-state index contributed by atoms with van der Waals surface area (Å²) in [7, 11) is 0. The summed E-state index contributed by atoms with van der Waals surface area (Å²) in [6.07, 6.45) is 2.50. The third-order valence-electron chi connectivity index (χ3n) is 5.41. The summed E-state index contributed by atoms with van der Waals surface area (Å²) in [6, 6.07) is 13.5. The first-order valence-corrected chi connectivity index (χ1v) is 11.0. The number of unbranched alkanes of at least 4 members (excludes halogenated alkanes) is 1. The quantitative estimate of drug-likeness (QED) is 0.614.